The number of halogens is 1. The lowest BCUT2D eigenvalue weighted by Crippen LogP contribution is -2.28. The molecule has 1 aliphatic rings. The van der Waals surface area contributed by atoms with Crippen LogP contribution in [0.5, 0.6) is 0 Å². The molecule has 1 saturated heterocycles. The van der Waals surface area contributed by atoms with Gasteiger partial charge in [-0.15, -0.1) is 0 Å². The predicted molar refractivity (Wildman–Crippen MR) is 125 cm³/mol. The lowest BCUT2D eigenvalue weighted by molar-refractivity contribution is -0.122. The molecule has 1 fully saturated rings. The number of aromatic nitrogens is 2. The molecule has 1 aliphatic heterocycles. The number of nitrogens with one attached hydrogen (secondary N) is 2. The van der Waals surface area contributed by atoms with Crippen LogP contribution in [0.25, 0.3) is 0 Å². The molecule has 2 amide bonds. The zero-order valence-electron chi connectivity index (χ0n) is 17.3. The number of aromatic amines is 1. The Labute approximate surface area is 192 Å². The Morgan fingerprint density at radius 2 is 1.94 bits per heavy atom. The van der Waals surface area contributed by atoms with Gasteiger partial charge in [0, 0.05) is 40.9 Å². The van der Waals surface area contributed by atoms with E-state index in [2.05, 4.69) is 26.3 Å². The highest BCUT2D eigenvalue weighted by atomic mass is 79.9. The number of aryl methyl sites for hydroxylation is 1. The summed E-state index contributed by atoms with van der Waals surface area (Å²) in [5, 5.41) is 5.34. The van der Waals surface area contributed by atoms with E-state index in [-0.39, 0.29) is 35.9 Å². The topological polar surface area (TPSA) is 104 Å². The third-order valence-corrected chi connectivity index (χ3v) is 6.26. The summed E-state index contributed by atoms with van der Waals surface area (Å²) < 4.78 is 2.17. The van der Waals surface area contributed by atoms with Crippen LogP contribution in [0, 0.1) is 12.8 Å². The molecule has 4 rings (SSSR count). The highest BCUT2D eigenvalue weighted by molar-refractivity contribution is 9.10. The molecule has 2 heterocycles. The maximum Gasteiger partial charge on any atom is 0.265 e. The van der Waals surface area contributed by atoms with Gasteiger partial charge in [-0.3, -0.25) is 24.3 Å². The average Bonchev–Trinajstić information content (AvgIpc) is 3.15. The highest BCUT2D eigenvalue weighted by Gasteiger charge is 2.35. The second-order valence-electron chi connectivity index (χ2n) is 7.76. The van der Waals surface area contributed by atoms with E-state index in [9.17, 15) is 19.2 Å². The van der Waals surface area contributed by atoms with E-state index in [1.807, 2.05) is 25.1 Å². The molecule has 0 saturated carbocycles. The van der Waals surface area contributed by atoms with Crippen molar-refractivity contribution in [3.05, 3.63) is 90.9 Å². The minimum Gasteiger partial charge on any atom is -0.326 e. The molecule has 8 nitrogen and oxygen atoms in total. The average molecular weight is 497 g/mol. The van der Waals surface area contributed by atoms with Gasteiger partial charge in [0.25, 0.3) is 11.1 Å². The van der Waals surface area contributed by atoms with Crippen LogP contribution in [0.2, 0.25) is 0 Å². The predicted octanol–water partition coefficient (Wildman–Crippen LogP) is 2.65. The maximum atomic E-state index is 12.8. The molecule has 3 aromatic rings. The summed E-state index contributed by atoms with van der Waals surface area (Å²) in [7, 11) is 0. The number of benzene rings is 2. The lowest BCUT2D eigenvalue weighted by Gasteiger charge is -2.18. The van der Waals surface area contributed by atoms with Gasteiger partial charge in [0.05, 0.1) is 12.5 Å². The normalized spacial score (nSPS) is 15.8. The largest absolute Gasteiger partial charge is 0.326 e. The molecule has 0 radical (unpaired) electrons. The number of H-pyrrole nitrogens is 1. The molecule has 0 bridgehead atoms. The second kappa shape index (κ2) is 8.96. The zero-order chi connectivity index (χ0) is 22.8. The van der Waals surface area contributed by atoms with Gasteiger partial charge in [-0.05, 0) is 48.4 Å². The molecule has 0 unspecified atom stereocenters. The van der Waals surface area contributed by atoms with E-state index in [0.717, 1.165) is 21.3 Å². The van der Waals surface area contributed by atoms with Crippen LogP contribution in [-0.2, 0) is 16.1 Å². The van der Waals surface area contributed by atoms with E-state index >= 15 is 0 Å². The number of hydrogen-bond donors (Lipinski definition) is 2. The van der Waals surface area contributed by atoms with Crippen LogP contribution >= 0.6 is 15.9 Å². The fourth-order valence-corrected chi connectivity index (χ4v) is 3.93. The number of carbonyl (C=O) groups excluding carboxylic acids is 2. The number of rotatable bonds is 5. The quantitative estimate of drug-likeness (QED) is 0.566. The summed E-state index contributed by atoms with van der Waals surface area (Å²) >= 11 is 3.46. The summed E-state index contributed by atoms with van der Waals surface area (Å²) in [6, 6.07) is 15.1. The van der Waals surface area contributed by atoms with Gasteiger partial charge in [0.15, 0.2) is 0 Å². The number of anilines is 2. The van der Waals surface area contributed by atoms with Gasteiger partial charge in [0.2, 0.25) is 11.8 Å². The van der Waals surface area contributed by atoms with Crippen LogP contribution in [0.3, 0.4) is 0 Å². The highest BCUT2D eigenvalue weighted by Crippen LogP contribution is 2.29. The van der Waals surface area contributed by atoms with Crippen LogP contribution in [0.1, 0.15) is 17.5 Å². The Bertz CT molecular complexity index is 1310. The molecular formula is C23H21BrN4O4. The van der Waals surface area contributed by atoms with Crippen LogP contribution in [0.15, 0.2) is 68.7 Å². The smallest absolute Gasteiger partial charge is 0.265 e. The SMILES string of the molecule is Cc1cc(N2C[C@@H](C(=O)Nc3cccc(Cn4[nH]c(=O)ccc4=O)c3)CC2=O)ccc1Br. The third kappa shape index (κ3) is 4.72. The Hall–Kier alpha value is -3.46. The van der Waals surface area contributed by atoms with E-state index in [1.165, 1.54) is 16.8 Å². The first kappa shape index (κ1) is 21.8. The number of nitrogens with zero attached hydrogens (tertiary/aromatic N) is 2. The minimum absolute atomic E-state index is 0.0898. The molecule has 164 valence electrons. The summed E-state index contributed by atoms with van der Waals surface area (Å²) in [6.07, 6.45) is 0.140. The molecule has 1 aromatic heterocycles. The monoisotopic (exact) mass is 496 g/mol. The molecule has 0 aliphatic carbocycles. The van der Waals surface area contributed by atoms with E-state index in [1.54, 1.807) is 29.2 Å². The Morgan fingerprint density at radius 3 is 2.72 bits per heavy atom. The fraction of sp³-hybridized carbons (Fsp3) is 0.217. The number of carbonyl (C=O) groups is 2. The summed E-state index contributed by atoms with van der Waals surface area (Å²) in [6.45, 7) is 2.42. The molecular weight excluding hydrogens is 476 g/mol. The van der Waals surface area contributed by atoms with Crippen LogP contribution in [0.4, 0.5) is 11.4 Å². The van der Waals surface area contributed by atoms with E-state index in [0.29, 0.717) is 12.2 Å². The van der Waals surface area contributed by atoms with Crippen LogP contribution in [-0.4, -0.2) is 28.1 Å². The van der Waals surface area contributed by atoms with Gasteiger partial charge in [-0.2, -0.15) is 0 Å². The van der Waals surface area contributed by atoms with Crippen molar-refractivity contribution in [2.45, 2.75) is 19.9 Å². The second-order valence-corrected chi connectivity index (χ2v) is 8.62. The summed E-state index contributed by atoms with van der Waals surface area (Å²) in [5.41, 5.74) is 2.39. The van der Waals surface area contributed by atoms with Gasteiger partial charge < -0.3 is 10.2 Å². The first-order valence-corrected chi connectivity index (χ1v) is 10.9. The van der Waals surface area contributed by atoms with Crippen molar-refractivity contribution in [3.63, 3.8) is 0 Å². The zero-order valence-corrected chi connectivity index (χ0v) is 18.9. The summed E-state index contributed by atoms with van der Waals surface area (Å²) in [4.78, 5) is 50.4. The first-order chi connectivity index (χ1) is 15.3. The molecule has 9 heteroatoms. The Kier molecular flexibility index (Phi) is 6.09. The first-order valence-electron chi connectivity index (χ1n) is 10.1. The minimum atomic E-state index is -0.469. The molecule has 2 aromatic carbocycles. The van der Waals surface area contributed by atoms with Crippen molar-refractivity contribution in [1.82, 2.24) is 9.78 Å². The molecule has 2 N–H and O–H groups in total. The van der Waals surface area contributed by atoms with E-state index < -0.39 is 5.92 Å². The van der Waals surface area contributed by atoms with Gasteiger partial charge >= 0.3 is 0 Å². The van der Waals surface area contributed by atoms with Crippen molar-refractivity contribution in [3.8, 4) is 0 Å². The fourth-order valence-electron chi connectivity index (χ4n) is 3.68. The lowest BCUT2D eigenvalue weighted by atomic mass is 10.1. The molecule has 32 heavy (non-hydrogen) atoms. The van der Waals surface area contributed by atoms with Crippen molar-refractivity contribution < 1.29 is 9.59 Å². The van der Waals surface area contributed by atoms with Crippen molar-refractivity contribution >= 4 is 39.1 Å². The summed E-state index contributed by atoms with van der Waals surface area (Å²) in [5.74, 6) is -0.798. The van der Waals surface area contributed by atoms with Gasteiger partial charge in [-0.25, -0.2) is 4.68 Å². The van der Waals surface area contributed by atoms with Crippen molar-refractivity contribution in [1.29, 1.82) is 0 Å². The van der Waals surface area contributed by atoms with Crippen molar-refractivity contribution in [2.24, 2.45) is 5.92 Å². The van der Waals surface area contributed by atoms with Crippen LogP contribution < -0.4 is 21.3 Å². The van der Waals surface area contributed by atoms with Gasteiger partial charge in [0.1, 0.15) is 0 Å². The third-order valence-electron chi connectivity index (χ3n) is 5.37. The van der Waals surface area contributed by atoms with Gasteiger partial charge in [-0.1, -0.05) is 28.1 Å². The number of hydrogen-bond acceptors (Lipinski definition) is 4. The Morgan fingerprint density at radius 1 is 1.12 bits per heavy atom. The molecule has 1 atom stereocenters. The number of amides is 2. The van der Waals surface area contributed by atoms with Crippen molar-refractivity contribution in [2.75, 3.05) is 16.8 Å². The standard InChI is InChI=1S/C23H21BrN4O4/c1-14-9-18(5-6-19(14)24)27-13-16(11-22(27)31)23(32)25-17-4-2-3-15(10-17)12-28-21(30)8-7-20(29)26-28/h2-10,16H,11-13H2,1H3,(H,25,32)(H,26,29)/t16-/m0/s1. The maximum absolute atomic E-state index is 12.8. The Balaban J connectivity index is 1.45. The molecule has 0 spiro atoms. The van der Waals surface area contributed by atoms with E-state index in [4.69, 9.17) is 0 Å².